The minimum Gasteiger partial charge on any atom is -0.317 e. The number of hydrogen-bond acceptors (Lipinski definition) is 3. The highest BCUT2D eigenvalue weighted by Gasteiger charge is 2.16. The zero-order valence-corrected chi connectivity index (χ0v) is 13.5. The van der Waals surface area contributed by atoms with Gasteiger partial charge in [-0.05, 0) is 50.0 Å². The fourth-order valence-electron chi connectivity index (χ4n) is 2.77. The molecule has 1 aliphatic heterocycles. The summed E-state index contributed by atoms with van der Waals surface area (Å²) in [4.78, 5) is 16.3. The summed E-state index contributed by atoms with van der Waals surface area (Å²) in [5, 5.41) is 4.10. The second-order valence-corrected chi connectivity index (χ2v) is 6.88. The molecule has 21 heavy (non-hydrogen) atoms. The average molecular weight is 324 g/mol. The fourth-order valence-corrected chi connectivity index (χ4v) is 4.13. The largest absolute Gasteiger partial charge is 0.317 e. The predicted octanol–water partition coefficient (Wildman–Crippen LogP) is 2.80. The van der Waals surface area contributed by atoms with Crippen molar-refractivity contribution in [3.63, 3.8) is 0 Å². The van der Waals surface area contributed by atoms with Gasteiger partial charge in [0.25, 0.3) is 0 Å². The SMILES string of the molecule is CC(=O)N=c1sc2cc(Cl)ccc2n1CC1CCNCC1. The molecular formula is C15H18ClN3OS. The number of benzene rings is 1. The number of piperidine rings is 1. The molecule has 0 saturated carbocycles. The van der Waals surface area contributed by atoms with E-state index in [1.807, 2.05) is 18.2 Å². The lowest BCUT2D eigenvalue weighted by Gasteiger charge is -2.23. The van der Waals surface area contributed by atoms with Crippen LogP contribution in [0.1, 0.15) is 19.8 Å². The van der Waals surface area contributed by atoms with E-state index in [-0.39, 0.29) is 5.91 Å². The van der Waals surface area contributed by atoms with Crippen molar-refractivity contribution in [2.45, 2.75) is 26.3 Å². The van der Waals surface area contributed by atoms with Crippen molar-refractivity contribution < 1.29 is 4.79 Å². The van der Waals surface area contributed by atoms with Gasteiger partial charge in [-0.1, -0.05) is 22.9 Å². The molecule has 1 fully saturated rings. The first-order chi connectivity index (χ1) is 10.1. The molecule has 1 aromatic heterocycles. The number of hydrogen-bond donors (Lipinski definition) is 1. The lowest BCUT2D eigenvalue weighted by Crippen LogP contribution is -2.31. The van der Waals surface area contributed by atoms with Crippen LogP contribution in [0.3, 0.4) is 0 Å². The van der Waals surface area contributed by atoms with Crippen LogP contribution in [-0.4, -0.2) is 23.6 Å². The Kier molecular flexibility index (Phi) is 4.42. The average Bonchev–Trinajstić information content (AvgIpc) is 2.76. The zero-order valence-electron chi connectivity index (χ0n) is 11.9. The summed E-state index contributed by atoms with van der Waals surface area (Å²) in [5.74, 6) is 0.470. The van der Waals surface area contributed by atoms with E-state index in [2.05, 4.69) is 14.9 Å². The van der Waals surface area contributed by atoms with Crippen LogP contribution in [-0.2, 0) is 11.3 Å². The number of carbonyl (C=O) groups is 1. The highest BCUT2D eigenvalue weighted by atomic mass is 35.5. The predicted molar refractivity (Wildman–Crippen MR) is 86.7 cm³/mol. The number of fused-ring (bicyclic) bond motifs is 1. The van der Waals surface area contributed by atoms with Gasteiger partial charge < -0.3 is 9.88 Å². The van der Waals surface area contributed by atoms with Crippen molar-refractivity contribution in [3.05, 3.63) is 28.0 Å². The molecule has 1 aliphatic rings. The monoisotopic (exact) mass is 323 g/mol. The second kappa shape index (κ2) is 6.30. The summed E-state index contributed by atoms with van der Waals surface area (Å²) in [7, 11) is 0. The van der Waals surface area contributed by atoms with Crippen molar-refractivity contribution in [3.8, 4) is 0 Å². The quantitative estimate of drug-likeness (QED) is 0.923. The Morgan fingerprint density at radius 1 is 1.48 bits per heavy atom. The van der Waals surface area contributed by atoms with Gasteiger partial charge in [-0.2, -0.15) is 4.99 Å². The number of nitrogens with zero attached hydrogens (tertiary/aromatic N) is 2. The number of thiazole rings is 1. The summed E-state index contributed by atoms with van der Waals surface area (Å²) in [5.41, 5.74) is 1.11. The summed E-state index contributed by atoms with van der Waals surface area (Å²) < 4.78 is 3.25. The van der Waals surface area contributed by atoms with Crippen LogP contribution in [0.2, 0.25) is 5.02 Å². The van der Waals surface area contributed by atoms with E-state index in [1.54, 1.807) is 0 Å². The maximum atomic E-state index is 11.4. The lowest BCUT2D eigenvalue weighted by atomic mass is 9.98. The van der Waals surface area contributed by atoms with Crippen molar-refractivity contribution in [2.75, 3.05) is 13.1 Å². The topological polar surface area (TPSA) is 46.4 Å². The molecule has 0 spiro atoms. The van der Waals surface area contributed by atoms with Gasteiger partial charge in [0.05, 0.1) is 10.2 Å². The third-order valence-corrected chi connectivity index (χ3v) is 5.07. The Labute approximate surface area is 132 Å². The molecule has 0 atom stereocenters. The van der Waals surface area contributed by atoms with E-state index >= 15 is 0 Å². The number of aromatic nitrogens is 1. The molecule has 1 N–H and O–H groups in total. The normalized spacial score (nSPS) is 17.5. The first-order valence-electron chi connectivity index (χ1n) is 7.18. The third-order valence-electron chi connectivity index (χ3n) is 3.80. The Hall–Kier alpha value is -1.17. The minimum atomic E-state index is -0.160. The third kappa shape index (κ3) is 3.36. The Morgan fingerprint density at radius 3 is 2.95 bits per heavy atom. The number of amides is 1. The number of carbonyl (C=O) groups excluding carboxylic acids is 1. The summed E-state index contributed by atoms with van der Waals surface area (Å²) in [6, 6.07) is 5.86. The highest BCUT2D eigenvalue weighted by Crippen LogP contribution is 2.24. The molecule has 1 aromatic carbocycles. The number of rotatable bonds is 2. The molecule has 4 nitrogen and oxygen atoms in total. The van der Waals surface area contributed by atoms with Crippen molar-refractivity contribution in [1.82, 2.24) is 9.88 Å². The van der Waals surface area contributed by atoms with Crippen LogP contribution in [0.25, 0.3) is 10.2 Å². The van der Waals surface area contributed by atoms with E-state index in [1.165, 1.54) is 18.3 Å². The van der Waals surface area contributed by atoms with E-state index < -0.39 is 0 Å². The van der Waals surface area contributed by atoms with Crippen molar-refractivity contribution in [1.29, 1.82) is 0 Å². The van der Waals surface area contributed by atoms with E-state index in [4.69, 9.17) is 11.6 Å². The van der Waals surface area contributed by atoms with Crippen LogP contribution in [0.4, 0.5) is 0 Å². The molecule has 0 radical (unpaired) electrons. The molecule has 0 bridgehead atoms. The van der Waals surface area contributed by atoms with Gasteiger partial charge in [-0.15, -0.1) is 0 Å². The maximum Gasteiger partial charge on any atom is 0.245 e. The Bertz CT molecular complexity index is 728. The van der Waals surface area contributed by atoms with Gasteiger partial charge >= 0.3 is 0 Å². The lowest BCUT2D eigenvalue weighted by molar-refractivity contribution is -0.116. The van der Waals surface area contributed by atoms with Crippen LogP contribution in [0.15, 0.2) is 23.2 Å². The van der Waals surface area contributed by atoms with Gasteiger partial charge in [0.15, 0.2) is 4.80 Å². The van der Waals surface area contributed by atoms with Crippen molar-refractivity contribution >= 4 is 39.1 Å². The molecule has 3 rings (SSSR count). The Morgan fingerprint density at radius 2 is 2.24 bits per heavy atom. The summed E-state index contributed by atoms with van der Waals surface area (Å²) in [6.45, 7) is 4.54. The standard InChI is InChI=1S/C15H18ClN3OS/c1-10(20)18-15-19(9-11-4-6-17-7-5-11)13-3-2-12(16)8-14(13)21-15/h2-3,8,11,17H,4-7,9H2,1H3. The number of nitrogens with one attached hydrogen (secondary N) is 1. The zero-order chi connectivity index (χ0) is 14.8. The molecule has 0 unspecified atom stereocenters. The van der Waals surface area contributed by atoms with Crippen LogP contribution >= 0.6 is 22.9 Å². The maximum absolute atomic E-state index is 11.4. The van der Waals surface area contributed by atoms with E-state index in [0.717, 1.165) is 47.5 Å². The smallest absolute Gasteiger partial charge is 0.245 e. The van der Waals surface area contributed by atoms with Crippen LogP contribution < -0.4 is 10.1 Å². The summed E-state index contributed by atoms with van der Waals surface area (Å²) in [6.07, 6.45) is 2.33. The molecule has 6 heteroatoms. The van der Waals surface area contributed by atoms with Gasteiger partial charge in [-0.25, -0.2) is 0 Å². The second-order valence-electron chi connectivity index (χ2n) is 5.43. The molecule has 1 amide bonds. The first kappa shape index (κ1) is 14.8. The molecule has 2 heterocycles. The first-order valence-corrected chi connectivity index (χ1v) is 8.38. The minimum absolute atomic E-state index is 0.160. The fraction of sp³-hybridized carbons (Fsp3) is 0.467. The summed E-state index contributed by atoms with van der Waals surface area (Å²) >= 11 is 7.60. The van der Waals surface area contributed by atoms with E-state index in [0.29, 0.717) is 10.9 Å². The van der Waals surface area contributed by atoms with Gasteiger partial charge in [0.2, 0.25) is 5.91 Å². The van der Waals surface area contributed by atoms with Gasteiger partial charge in [-0.3, -0.25) is 4.79 Å². The molecule has 1 saturated heterocycles. The van der Waals surface area contributed by atoms with Crippen LogP contribution in [0, 0.1) is 5.92 Å². The van der Waals surface area contributed by atoms with Gasteiger partial charge in [0.1, 0.15) is 0 Å². The number of halogens is 1. The van der Waals surface area contributed by atoms with Crippen LogP contribution in [0.5, 0.6) is 0 Å². The van der Waals surface area contributed by atoms with Gasteiger partial charge in [0, 0.05) is 18.5 Å². The van der Waals surface area contributed by atoms with Crippen molar-refractivity contribution in [2.24, 2.45) is 10.9 Å². The molecule has 0 aliphatic carbocycles. The Balaban J connectivity index is 2.06. The molecule has 2 aromatic rings. The van der Waals surface area contributed by atoms with E-state index in [9.17, 15) is 4.79 Å². The highest BCUT2D eigenvalue weighted by molar-refractivity contribution is 7.16. The molecule has 112 valence electrons. The molecular weight excluding hydrogens is 306 g/mol.